The van der Waals surface area contributed by atoms with Crippen molar-refractivity contribution >= 4 is 32.6 Å². The highest BCUT2D eigenvalue weighted by atomic mass is 127. The fourth-order valence-electron chi connectivity index (χ4n) is 2.06. The maximum Gasteiger partial charge on any atom is 0.217 e. The summed E-state index contributed by atoms with van der Waals surface area (Å²) < 4.78 is 26.6. The van der Waals surface area contributed by atoms with Gasteiger partial charge in [-0.3, -0.25) is 0 Å². The molecule has 1 rings (SSSR count). The van der Waals surface area contributed by atoms with E-state index in [2.05, 4.69) is 22.6 Å². The van der Waals surface area contributed by atoms with Crippen LogP contribution in [0, 0.1) is 0 Å². The van der Waals surface area contributed by atoms with E-state index in [-0.39, 0.29) is 16.8 Å². The van der Waals surface area contributed by atoms with Gasteiger partial charge in [0.2, 0.25) is 10.0 Å². The lowest BCUT2D eigenvalue weighted by molar-refractivity contribution is 0.219. The quantitative estimate of drug-likeness (QED) is 0.545. The second-order valence-corrected chi connectivity index (χ2v) is 7.97. The Kier molecular flexibility index (Phi) is 3.54. The number of alkyl halides is 1. The minimum atomic E-state index is -3.06. The molecule has 0 radical (unpaired) electrons. The molecule has 2 atom stereocenters. The standard InChI is InChI=1S/C9H18INO2S/c1-7-5-8(6-10)11(9(2,3)4)14(7,12)13/h7-8H,5-6H2,1-4H3. The lowest BCUT2D eigenvalue weighted by Crippen LogP contribution is -2.48. The van der Waals surface area contributed by atoms with Gasteiger partial charge < -0.3 is 0 Å². The third kappa shape index (κ3) is 2.09. The first-order valence-electron chi connectivity index (χ1n) is 4.80. The van der Waals surface area contributed by atoms with Crippen LogP contribution in [0.5, 0.6) is 0 Å². The molecule has 0 aromatic carbocycles. The Morgan fingerprint density at radius 3 is 2.21 bits per heavy atom. The number of halogens is 1. The Bertz CT molecular complexity index is 307. The van der Waals surface area contributed by atoms with E-state index in [1.54, 1.807) is 11.2 Å². The lowest BCUT2D eigenvalue weighted by atomic mass is 10.1. The van der Waals surface area contributed by atoms with Crippen molar-refractivity contribution in [2.24, 2.45) is 0 Å². The van der Waals surface area contributed by atoms with Crippen LogP contribution in [0.2, 0.25) is 0 Å². The van der Waals surface area contributed by atoms with E-state index in [0.717, 1.165) is 10.8 Å². The van der Waals surface area contributed by atoms with Gasteiger partial charge in [0.1, 0.15) is 0 Å². The van der Waals surface area contributed by atoms with Gasteiger partial charge in [-0.2, -0.15) is 4.31 Å². The second-order valence-electron chi connectivity index (χ2n) is 4.87. The predicted molar refractivity (Wildman–Crippen MR) is 67.3 cm³/mol. The van der Waals surface area contributed by atoms with Crippen LogP contribution in [-0.2, 0) is 10.0 Å². The second kappa shape index (κ2) is 3.90. The first-order valence-corrected chi connectivity index (χ1v) is 7.83. The van der Waals surface area contributed by atoms with E-state index < -0.39 is 10.0 Å². The Morgan fingerprint density at radius 2 is 1.93 bits per heavy atom. The molecule has 84 valence electrons. The van der Waals surface area contributed by atoms with Crippen molar-refractivity contribution in [2.45, 2.75) is 50.9 Å². The smallest absolute Gasteiger partial charge is 0.212 e. The number of rotatable bonds is 1. The van der Waals surface area contributed by atoms with E-state index in [1.165, 1.54) is 0 Å². The van der Waals surface area contributed by atoms with E-state index in [1.807, 2.05) is 20.8 Å². The zero-order valence-corrected chi connectivity index (χ0v) is 12.1. The van der Waals surface area contributed by atoms with Gasteiger partial charge in [-0.05, 0) is 34.1 Å². The van der Waals surface area contributed by atoms with Gasteiger partial charge in [-0.25, -0.2) is 8.42 Å². The average Bonchev–Trinajstić information content (AvgIpc) is 2.21. The molecule has 5 heteroatoms. The molecule has 3 nitrogen and oxygen atoms in total. The molecular weight excluding hydrogens is 313 g/mol. The molecule has 0 saturated carbocycles. The summed E-state index contributed by atoms with van der Waals surface area (Å²) in [6.45, 7) is 7.69. The van der Waals surface area contributed by atoms with Gasteiger partial charge >= 0.3 is 0 Å². The van der Waals surface area contributed by atoms with Crippen molar-refractivity contribution in [2.75, 3.05) is 4.43 Å². The van der Waals surface area contributed by atoms with E-state index in [9.17, 15) is 8.42 Å². The molecule has 0 amide bonds. The third-order valence-electron chi connectivity index (χ3n) is 2.56. The molecule has 0 aromatic rings. The maximum atomic E-state index is 12.0. The molecule has 0 spiro atoms. The Balaban J connectivity index is 3.11. The van der Waals surface area contributed by atoms with E-state index >= 15 is 0 Å². The van der Waals surface area contributed by atoms with Crippen LogP contribution in [0.3, 0.4) is 0 Å². The molecule has 0 bridgehead atoms. The van der Waals surface area contributed by atoms with Crippen LogP contribution in [0.25, 0.3) is 0 Å². The normalized spacial score (nSPS) is 33.5. The molecule has 1 saturated heterocycles. The van der Waals surface area contributed by atoms with Gasteiger partial charge in [-0.1, -0.05) is 22.6 Å². The molecule has 1 aliphatic rings. The molecular formula is C9H18INO2S. The van der Waals surface area contributed by atoms with Gasteiger partial charge in [0.15, 0.2) is 0 Å². The van der Waals surface area contributed by atoms with Crippen molar-refractivity contribution in [3.8, 4) is 0 Å². The van der Waals surface area contributed by atoms with Crippen molar-refractivity contribution in [3.63, 3.8) is 0 Å². The third-order valence-corrected chi connectivity index (χ3v) is 6.18. The summed E-state index contributed by atoms with van der Waals surface area (Å²) in [5, 5.41) is -0.221. The maximum absolute atomic E-state index is 12.0. The van der Waals surface area contributed by atoms with Crippen LogP contribution < -0.4 is 0 Å². The Morgan fingerprint density at radius 1 is 1.43 bits per heavy atom. The Labute approximate surface area is 100 Å². The molecule has 14 heavy (non-hydrogen) atoms. The minimum Gasteiger partial charge on any atom is -0.212 e. The fraction of sp³-hybridized carbons (Fsp3) is 1.00. The van der Waals surface area contributed by atoms with Crippen molar-refractivity contribution in [1.29, 1.82) is 0 Å². The molecule has 1 fully saturated rings. The highest BCUT2D eigenvalue weighted by Crippen LogP contribution is 2.35. The molecule has 0 aliphatic carbocycles. The zero-order chi connectivity index (χ0) is 11.1. The number of hydrogen-bond donors (Lipinski definition) is 0. The monoisotopic (exact) mass is 331 g/mol. The molecule has 0 aromatic heterocycles. The zero-order valence-electron chi connectivity index (χ0n) is 9.12. The van der Waals surface area contributed by atoms with Crippen LogP contribution in [0.4, 0.5) is 0 Å². The van der Waals surface area contributed by atoms with Gasteiger partial charge in [0, 0.05) is 16.0 Å². The summed E-state index contributed by atoms with van der Waals surface area (Å²) in [6.07, 6.45) is 0.766. The Hall–Kier alpha value is 0.640. The van der Waals surface area contributed by atoms with Crippen molar-refractivity contribution < 1.29 is 8.42 Å². The minimum absolute atomic E-state index is 0.176. The molecule has 0 N–H and O–H groups in total. The number of nitrogens with zero attached hydrogens (tertiary/aromatic N) is 1. The van der Waals surface area contributed by atoms with Crippen LogP contribution >= 0.6 is 22.6 Å². The van der Waals surface area contributed by atoms with Crippen LogP contribution in [0.15, 0.2) is 0 Å². The SMILES string of the molecule is CC1CC(CI)N(C(C)(C)C)S1(=O)=O. The van der Waals surface area contributed by atoms with Crippen LogP contribution in [0.1, 0.15) is 34.1 Å². The lowest BCUT2D eigenvalue weighted by Gasteiger charge is -2.34. The molecule has 1 aliphatic heterocycles. The summed E-state index contributed by atoms with van der Waals surface area (Å²) in [5.74, 6) is 0. The largest absolute Gasteiger partial charge is 0.217 e. The van der Waals surface area contributed by atoms with E-state index in [0.29, 0.717) is 0 Å². The summed E-state index contributed by atoms with van der Waals surface area (Å²) >= 11 is 2.27. The fourth-order valence-corrected chi connectivity index (χ4v) is 5.27. The summed E-state index contributed by atoms with van der Waals surface area (Å²) in [5.41, 5.74) is -0.292. The first-order chi connectivity index (χ1) is 6.21. The first kappa shape index (κ1) is 12.7. The van der Waals surface area contributed by atoms with Gasteiger partial charge in [0.05, 0.1) is 5.25 Å². The van der Waals surface area contributed by atoms with Crippen molar-refractivity contribution in [3.05, 3.63) is 0 Å². The molecule has 1 heterocycles. The topological polar surface area (TPSA) is 37.4 Å². The highest BCUT2D eigenvalue weighted by molar-refractivity contribution is 14.1. The van der Waals surface area contributed by atoms with Gasteiger partial charge in [0.25, 0.3) is 0 Å². The summed E-state index contributed by atoms with van der Waals surface area (Å²) in [7, 11) is -3.06. The summed E-state index contributed by atoms with van der Waals surface area (Å²) in [6, 6.07) is 0.176. The van der Waals surface area contributed by atoms with Crippen LogP contribution in [-0.4, -0.2) is 34.0 Å². The molecule has 2 unspecified atom stereocenters. The number of sulfonamides is 1. The number of hydrogen-bond acceptors (Lipinski definition) is 2. The average molecular weight is 331 g/mol. The van der Waals surface area contributed by atoms with Crippen molar-refractivity contribution in [1.82, 2.24) is 4.31 Å². The summed E-state index contributed by atoms with van der Waals surface area (Å²) in [4.78, 5) is 0. The van der Waals surface area contributed by atoms with Gasteiger partial charge in [-0.15, -0.1) is 0 Å². The highest BCUT2D eigenvalue weighted by Gasteiger charge is 2.47. The van der Waals surface area contributed by atoms with E-state index in [4.69, 9.17) is 0 Å². The predicted octanol–water partition coefficient (Wildman–Crippen LogP) is 2.01.